The third-order valence-electron chi connectivity index (χ3n) is 3.47. The number of nitro benzene ring substituents is 1. The number of nitro groups is 1. The maximum atomic E-state index is 11.9. The first-order chi connectivity index (χ1) is 11.5. The van der Waals surface area contributed by atoms with Crippen molar-refractivity contribution in [3.05, 3.63) is 68.2 Å². The van der Waals surface area contributed by atoms with Crippen molar-refractivity contribution in [2.45, 2.75) is 13.0 Å². The molecule has 0 amide bonds. The van der Waals surface area contributed by atoms with Gasteiger partial charge in [0.1, 0.15) is 5.75 Å². The molecule has 1 heterocycles. The SMILES string of the molecule is O=c1oc2ccc([N+](=O)[O-])cc2n1CCCOc1ccc(Cl)cc1. The Morgan fingerprint density at radius 1 is 1.21 bits per heavy atom. The number of hydrogen-bond acceptors (Lipinski definition) is 5. The number of aryl methyl sites for hydroxylation is 1. The Bertz CT molecular complexity index is 930. The number of halogens is 1. The summed E-state index contributed by atoms with van der Waals surface area (Å²) in [6, 6.07) is 11.0. The second kappa shape index (κ2) is 6.76. The zero-order chi connectivity index (χ0) is 17.1. The van der Waals surface area contributed by atoms with Gasteiger partial charge in [-0.2, -0.15) is 0 Å². The number of hydrogen-bond donors (Lipinski definition) is 0. The van der Waals surface area contributed by atoms with Gasteiger partial charge in [0.2, 0.25) is 0 Å². The lowest BCUT2D eigenvalue weighted by Gasteiger charge is -2.06. The number of rotatable bonds is 6. The standard InChI is InChI=1S/C16H13ClN2O5/c17-11-2-5-13(6-3-11)23-9-1-8-18-14-10-12(19(21)22)4-7-15(14)24-16(18)20/h2-7,10H,1,8-9H2. The van der Waals surface area contributed by atoms with Gasteiger partial charge in [-0.25, -0.2) is 4.79 Å². The smallest absolute Gasteiger partial charge is 0.419 e. The van der Waals surface area contributed by atoms with Crippen LogP contribution in [0.25, 0.3) is 11.1 Å². The van der Waals surface area contributed by atoms with Crippen molar-refractivity contribution >= 4 is 28.4 Å². The maximum absolute atomic E-state index is 11.9. The molecule has 0 radical (unpaired) electrons. The van der Waals surface area contributed by atoms with Crippen molar-refractivity contribution in [2.75, 3.05) is 6.61 Å². The molecule has 0 saturated carbocycles. The van der Waals surface area contributed by atoms with Gasteiger partial charge in [-0.3, -0.25) is 14.7 Å². The molecule has 24 heavy (non-hydrogen) atoms. The molecule has 0 aliphatic carbocycles. The third kappa shape index (κ3) is 3.41. The van der Waals surface area contributed by atoms with Crippen LogP contribution in [0.3, 0.4) is 0 Å². The fourth-order valence-electron chi connectivity index (χ4n) is 2.32. The molecule has 124 valence electrons. The molecule has 0 atom stereocenters. The first-order valence-corrected chi connectivity index (χ1v) is 7.58. The van der Waals surface area contributed by atoms with Gasteiger partial charge in [-0.05, 0) is 36.8 Å². The van der Waals surface area contributed by atoms with Crippen molar-refractivity contribution in [3.63, 3.8) is 0 Å². The average molecular weight is 349 g/mol. The highest BCUT2D eigenvalue weighted by molar-refractivity contribution is 6.30. The van der Waals surface area contributed by atoms with Gasteiger partial charge in [-0.15, -0.1) is 0 Å². The van der Waals surface area contributed by atoms with Crippen LogP contribution in [-0.4, -0.2) is 16.1 Å². The van der Waals surface area contributed by atoms with E-state index in [0.717, 1.165) is 0 Å². The van der Waals surface area contributed by atoms with Gasteiger partial charge in [0, 0.05) is 23.7 Å². The van der Waals surface area contributed by atoms with Gasteiger partial charge in [-0.1, -0.05) is 11.6 Å². The van der Waals surface area contributed by atoms with E-state index in [1.165, 1.54) is 22.8 Å². The summed E-state index contributed by atoms with van der Waals surface area (Å²) in [5.41, 5.74) is 0.638. The minimum absolute atomic E-state index is 0.0885. The summed E-state index contributed by atoms with van der Waals surface area (Å²) in [5, 5.41) is 11.5. The Hall–Kier alpha value is -2.80. The molecule has 0 bridgehead atoms. The first kappa shape index (κ1) is 16.1. The molecule has 0 fully saturated rings. The van der Waals surface area contributed by atoms with Gasteiger partial charge in [0.05, 0.1) is 17.0 Å². The highest BCUT2D eigenvalue weighted by Crippen LogP contribution is 2.20. The highest BCUT2D eigenvalue weighted by atomic mass is 35.5. The molecule has 0 aliphatic heterocycles. The van der Waals surface area contributed by atoms with Crippen LogP contribution in [0, 0.1) is 10.1 Å². The molecule has 3 aromatic rings. The number of aromatic nitrogens is 1. The van der Waals surface area contributed by atoms with E-state index in [1.807, 2.05) is 0 Å². The van der Waals surface area contributed by atoms with E-state index in [1.54, 1.807) is 24.3 Å². The second-order valence-corrected chi connectivity index (χ2v) is 5.52. The van der Waals surface area contributed by atoms with Crippen LogP contribution in [0.1, 0.15) is 6.42 Å². The number of nitrogens with zero attached hydrogens (tertiary/aromatic N) is 2. The lowest BCUT2D eigenvalue weighted by Crippen LogP contribution is -2.15. The quantitative estimate of drug-likeness (QED) is 0.385. The fourth-order valence-corrected chi connectivity index (χ4v) is 2.45. The predicted molar refractivity (Wildman–Crippen MR) is 88.7 cm³/mol. The third-order valence-corrected chi connectivity index (χ3v) is 3.72. The van der Waals surface area contributed by atoms with Crippen LogP contribution in [-0.2, 0) is 6.54 Å². The van der Waals surface area contributed by atoms with E-state index >= 15 is 0 Å². The topological polar surface area (TPSA) is 87.5 Å². The molecule has 0 spiro atoms. The van der Waals surface area contributed by atoms with Gasteiger partial charge in [0.25, 0.3) is 5.69 Å². The Morgan fingerprint density at radius 2 is 1.96 bits per heavy atom. The van der Waals surface area contributed by atoms with Gasteiger partial charge >= 0.3 is 5.76 Å². The molecule has 0 N–H and O–H groups in total. The van der Waals surface area contributed by atoms with Crippen LogP contribution in [0.4, 0.5) is 5.69 Å². The number of oxazole rings is 1. The molecule has 7 nitrogen and oxygen atoms in total. The largest absolute Gasteiger partial charge is 0.494 e. The van der Waals surface area contributed by atoms with E-state index in [0.29, 0.717) is 41.4 Å². The predicted octanol–water partition coefficient (Wildman–Crippen LogP) is 3.63. The summed E-state index contributed by atoms with van der Waals surface area (Å²) >= 11 is 5.80. The van der Waals surface area contributed by atoms with Gasteiger partial charge in [0.15, 0.2) is 5.58 Å². The lowest BCUT2D eigenvalue weighted by atomic mass is 10.3. The summed E-state index contributed by atoms with van der Waals surface area (Å²) in [4.78, 5) is 22.2. The maximum Gasteiger partial charge on any atom is 0.419 e. The Morgan fingerprint density at radius 3 is 2.67 bits per heavy atom. The zero-order valence-corrected chi connectivity index (χ0v) is 13.2. The van der Waals surface area contributed by atoms with E-state index in [9.17, 15) is 14.9 Å². The molecule has 3 rings (SSSR count). The van der Waals surface area contributed by atoms with Crippen molar-refractivity contribution in [2.24, 2.45) is 0 Å². The van der Waals surface area contributed by atoms with Crippen LogP contribution < -0.4 is 10.5 Å². The molecule has 8 heteroatoms. The Kier molecular flexibility index (Phi) is 4.52. The normalized spacial score (nSPS) is 10.9. The molecule has 0 unspecified atom stereocenters. The number of non-ortho nitro benzene ring substituents is 1. The van der Waals surface area contributed by atoms with E-state index < -0.39 is 10.7 Å². The summed E-state index contributed by atoms with van der Waals surface area (Å²) < 4.78 is 12.0. The minimum atomic E-state index is -0.544. The average Bonchev–Trinajstić information content (AvgIpc) is 2.88. The first-order valence-electron chi connectivity index (χ1n) is 7.21. The van der Waals surface area contributed by atoms with Crippen molar-refractivity contribution < 1.29 is 14.1 Å². The van der Waals surface area contributed by atoms with Crippen molar-refractivity contribution in [3.8, 4) is 5.75 Å². The van der Waals surface area contributed by atoms with E-state index in [-0.39, 0.29) is 5.69 Å². The van der Waals surface area contributed by atoms with E-state index in [2.05, 4.69) is 0 Å². The monoisotopic (exact) mass is 348 g/mol. The van der Waals surface area contributed by atoms with Crippen LogP contribution >= 0.6 is 11.6 Å². The molecule has 1 aromatic heterocycles. The van der Waals surface area contributed by atoms with Crippen molar-refractivity contribution in [1.82, 2.24) is 4.57 Å². The molecular weight excluding hydrogens is 336 g/mol. The van der Waals surface area contributed by atoms with Crippen LogP contribution in [0.5, 0.6) is 5.75 Å². The Labute approximate surface area is 141 Å². The van der Waals surface area contributed by atoms with Gasteiger partial charge < -0.3 is 9.15 Å². The van der Waals surface area contributed by atoms with Crippen molar-refractivity contribution in [1.29, 1.82) is 0 Å². The Balaban J connectivity index is 1.69. The summed E-state index contributed by atoms with van der Waals surface area (Å²) in [6.45, 7) is 0.719. The lowest BCUT2D eigenvalue weighted by molar-refractivity contribution is -0.384. The number of ether oxygens (including phenoxy) is 1. The van der Waals surface area contributed by atoms with Crippen LogP contribution in [0.15, 0.2) is 51.7 Å². The zero-order valence-electron chi connectivity index (χ0n) is 12.5. The minimum Gasteiger partial charge on any atom is -0.494 e. The van der Waals surface area contributed by atoms with Crippen LogP contribution in [0.2, 0.25) is 5.02 Å². The summed E-state index contributed by atoms with van der Waals surface area (Å²) in [7, 11) is 0. The fraction of sp³-hybridized carbons (Fsp3) is 0.188. The van der Waals surface area contributed by atoms with E-state index in [4.69, 9.17) is 20.8 Å². The molecule has 0 aliphatic rings. The molecular formula is C16H13ClN2O5. The summed E-state index contributed by atoms with van der Waals surface area (Å²) in [6.07, 6.45) is 0.542. The molecule has 0 saturated heterocycles. The highest BCUT2D eigenvalue weighted by Gasteiger charge is 2.14. The summed E-state index contributed by atoms with van der Waals surface area (Å²) in [5.74, 6) is 0.136. The molecule has 2 aromatic carbocycles. The number of fused-ring (bicyclic) bond motifs is 1. The second-order valence-electron chi connectivity index (χ2n) is 5.08. The number of benzene rings is 2.